The molecule has 0 aromatic heterocycles. The summed E-state index contributed by atoms with van der Waals surface area (Å²) in [7, 11) is 0. The summed E-state index contributed by atoms with van der Waals surface area (Å²) in [6, 6.07) is 0.397. The SMILES string of the molecule is CCN1CCC(C(C)N)CC1. The van der Waals surface area contributed by atoms with Gasteiger partial charge in [-0.2, -0.15) is 0 Å². The van der Waals surface area contributed by atoms with Gasteiger partial charge in [0.1, 0.15) is 0 Å². The Morgan fingerprint density at radius 1 is 1.45 bits per heavy atom. The van der Waals surface area contributed by atoms with Crippen LogP contribution in [0.25, 0.3) is 0 Å². The number of piperidine rings is 1. The smallest absolute Gasteiger partial charge is 0.00397 e. The fourth-order valence-electron chi connectivity index (χ4n) is 1.79. The first-order valence-electron chi connectivity index (χ1n) is 4.72. The van der Waals surface area contributed by atoms with Gasteiger partial charge in [0.15, 0.2) is 0 Å². The maximum Gasteiger partial charge on any atom is 0.00397 e. The van der Waals surface area contributed by atoms with Gasteiger partial charge in [-0.25, -0.2) is 0 Å². The average Bonchev–Trinajstić information content (AvgIpc) is 2.05. The van der Waals surface area contributed by atoms with Gasteiger partial charge >= 0.3 is 0 Å². The van der Waals surface area contributed by atoms with Crippen molar-refractivity contribution < 1.29 is 0 Å². The summed E-state index contributed by atoms with van der Waals surface area (Å²) in [5.74, 6) is 0.776. The molecule has 1 unspecified atom stereocenters. The highest BCUT2D eigenvalue weighted by molar-refractivity contribution is 4.76. The van der Waals surface area contributed by atoms with Crippen LogP contribution in [-0.2, 0) is 0 Å². The van der Waals surface area contributed by atoms with E-state index in [-0.39, 0.29) is 0 Å². The Hall–Kier alpha value is -0.0800. The van der Waals surface area contributed by atoms with Gasteiger partial charge in [0.25, 0.3) is 0 Å². The summed E-state index contributed by atoms with van der Waals surface area (Å²) in [4.78, 5) is 2.50. The second kappa shape index (κ2) is 4.07. The van der Waals surface area contributed by atoms with Gasteiger partial charge in [0.2, 0.25) is 0 Å². The van der Waals surface area contributed by atoms with Crippen LogP contribution in [0.2, 0.25) is 0 Å². The molecular weight excluding hydrogens is 136 g/mol. The number of nitrogens with two attached hydrogens (primary N) is 1. The Balaban J connectivity index is 2.24. The van der Waals surface area contributed by atoms with Crippen molar-refractivity contribution >= 4 is 0 Å². The molecule has 1 saturated heterocycles. The Bertz CT molecular complexity index is 104. The van der Waals surface area contributed by atoms with Gasteiger partial charge in [-0.15, -0.1) is 0 Å². The van der Waals surface area contributed by atoms with Crippen LogP contribution in [0.5, 0.6) is 0 Å². The maximum absolute atomic E-state index is 5.84. The lowest BCUT2D eigenvalue weighted by Gasteiger charge is -2.32. The van der Waals surface area contributed by atoms with Crippen LogP contribution in [-0.4, -0.2) is 30.6 Å². The summed E-state index contributed by atoms with van der Waals surface area (Å²) >= 11 is 0. The van der Waals surface area contributed by atoms with E-state index in [0.717, 1.165) is 5.92 Å². The molecule has 66 valence electrons. The molecule has 1 fully saturated rings. The number of hydrogen-bond donors (Lipinski definition) is 1. The minimum atomic E-state index is 0.397. The first-order chi connectivity index (χ1) is 5.24. The predicted octanol–water partition coefficient (Wildman–Crippen LogP) is 1.07. The molecule has 1 heterocycles. The summed E-state index contributed by atoms with van der Waals surface area (Å²) in [6.45, 7) is 8.07. The number of rotatable bonds is 2. The molecular formula is C9H20N2. The van der Waals surface area contributed by atoms with Crippen molar-refractivity contribution in [2.75, 3.05) is 19.6 Å². The van der Waals surface area contributed by atoms with Crippen LogP contribution in [0.15, 0.2) is 0 Å². The van der Waals surface area contributed by atoms with Crippen LogP contribution < -0.4 is 5.73 Å². The van der Waals surface area contributed by atoms with Crippen molar-refractivity contribution in [3.8, 4) is 0 Å². The zero-order chi connectivity index (χ0) is 8.27. The molecule has 0 amide bonds. The molecule has 0 saturated carbocycles. The van der Waals surface area contributed by atoms with E-state index in [9.17, 15) is 0 Å². The van der Waals surface area contributed by atoms with Crippen LogP contribution in [0.1, 0.15) is 26.7 Å². The summed E-state index contributed by atoms with van der Waals surface area (Å²) in [5.41, 5.74) is 5.84. The molecule has 0 spiro atoms. The van der Waals surface area contributed by atoms with Crippen LogP contribution in [0, 0.1) is 5.92 Å². The van der Waals surface area contributed by atoms with Crippen LogP contribution in [0.3, 0.4) is 0 Å². The van der Waals surface area contributed by atoms with E-state index in [4.69, 9.17) is 5.73 Å². The van der Waals surface area contributed by atoms with Crippen molar-refractivity contribution in [2.45, 2.75) is 32.7 Å². The highest BCUT2D eigenvalue weighted by Crippen LogP contribution is 2.18. The van der Waals surface area contributed by atoms with Crippen molar-refractivity contribution in [3.63, 3.8) is 0 Å². The lowest BCUT2D eigenvalue weighted by molar-refractivity contribution is 0.179. The fourth-order valence-corrected chi connectivity index (χ4v) is 1.79. The Morgan fingerprint density at radius 2 is 2.00 bits per heavy atom. The zero-order valence-corrected chi connectivity index (χ0v) is 7.71. The molecule has 1 atom stereocenters. The van der Waals surface area contributed by atoms with Crippen molar-refractivity contribution in [3.05, 3.63) is 0 Å². The highest BCUT2D eigenvalue weighted by Gasteiger charge is 2.20. The second-order valence-corrected chi connectivity index (χ2v) is 3.63. The van der Waals surface area contributed by atoms with Gasteiger partial charge < -0.3 is 10.6 Å². The molecule has 2 heteroatoms. The molecule has 0 aromatic carbocycles. The third-order valence-corrected chi connectivity index (χ3v) is 2.82. The minimum absolute atomic E-state index is 0.397. The summed E-state index contributed by atoms with van der Waals surface area (Å²) in [6.07, 6.45) is 2.59. The van der Waals surface area contributed by atoms with E-state index in [1.165, 1.54) is 32.5 Å². The van der Waals surface area contributed by atoms with Gasteiger partial charge in [0, 0.05) is 6.04 Å². The molecule has 1 rings (SSSR count). The van der Waals surface area contributed by atoms with Crippen molar-refractivity contribution in [2.24, 2.45) is 11.7 Å². The zero-order valence-electron chi connectivity index (χ0n) is 7.71. The Kier molecular flexibility index (Phi) is 3.34. The average molecular weight is 156 g/mol. The third-order valence-electron chi connectivity index (χ3n) is 2.82. The molecule has 0 aliphatic carbocycles. The quantitative estimate of drug-likeness (QED) is 0.648. The topological polar surface area (TPSA) is 29.3 Å². The van der Waals surface area contributed by atoms with E-state index >= 15 is 0 Å². The predicted molar refractivity (Wildman–Crippen MR) is 48.5 cm³/mol. The van der Waals surface area contributed by atoms with Gasteiger partial charge in [-0.1, -0.05) is 6.92 Å². The lowest BCUT2D eigenvalue weighted by Crippen LogP contribution is -2.39. The number of hydrogen-bond acceptors (Lipinski definition) is 2. The van der Waals surface area contributed by atoms with E-state index in [2.05, 4.69) is 18.7 Å². The molecule has 2 N–H and O–H groups in total. The van der Waals surface area contributed by atoms with Crippen molar-refractivity contribution in [1.29, 1.82) is 0 Å². The van der Waals surface area contributed by atoms with E-state index in [1.807, 2.05) is 0 Å². The van der Waals surface area contributed by atoms with Gasteiger partial charge in [0.05, 0.1) is 0 Å². The molecule has 0 aromatic rings. The standard InChI is InChI=1S/C9H20N2/c1-3-11-6-4-9(5-7-11)8(2)10/h8-9H,3-7,10H2,1-2H3. The molecule has 0 bridgehead atoms. The molecule has 11 heavy (non-hydrogen) atoms. The lowest BCUT2D eigenvalue weighted by atomic mass is 9.91. The molecule has 2 nitrogen and oxygen atoms in total. The van der Waals surface area contributed by atoms with Gasteiger partial charge in [-0.05, 0) is 45.3 Å². The van der Waals surface area contributed by atoms with Crippen LogP contribution in [0.4, 0.5) is 0 Å². The first-order valence-corrected chi connectivity index (χ1v) is 4.72. The van der Waals surface area contributed by atoms with E-state index < -0.39 is 0 Å². The summed E-state index contributed by atoms with van der Waals surface area (Å²) < 4.78 is 0. The fraction of sp³-hybridized carbons (Fsp3) is 1.00. The molecule has 1 aliphatic rings. The first kappa shape index (κ1) is 9.01. The minimum Gasteiger partial charge on any atom is -0.328 e. The third kappa shape index (κ3) is 2.46. The summed E-state index contributed by atoms with van der Waals surface area (Å²) in [5, 5.41) is 0. The monoisotopic (exact) mass is 156 g/mol. The largest absolute Gasteiger partial charge is 0.328 e. The normalized spacial score (nSPS) is 25.4. The van der Waals surface area contributed by atoms with Crippen LogP contribution >= 0.6 is 0 Å². The maximum atomic E-state index is 5.84. The highest BCUT2D eigenvalue weighted by atomic mass is 15.1. The van der Waals surface area contributed by atoms with Gasteiger partial charge in [-0.3, -0.25) is 0 Å². The Morgan fingerprint density at radius 3 is 2.36 bits per heavy atom. The van der Waals surface area contributed by atoms with Crippen molar-refractivity contribution in [1.82, 2.24) is 4.90 Å². The Labute approximate surface area is 69.8 Å². The second-order valence-electron chi connectivity index (χ2n) is 3.63. The molecule has 1 aliphatic heterocycles. The van der Waals surface area contributed by atoms with E-state index in [1.54, 1.807) is 0 Å². The molecule has 0 radical (unpaired) electrons. The van der Waals surface area contributed by atoms with E-state index in [0.29, 0.717) is 6.04 Å². The number of likely N-dealkylation sites (tertiary alicyclic amines) is 1. The number of nitrogens with zero attached hydrogens (tertiary/aromatic N) is 1.